The van der Waals surface area contributed by atoms with Crippen LogP contribution < -0.4 is 5.32 Å². The van der Waals surface area contributed by atoms with Gasteiger partial charge in [0.2, 0.25) is 0 Å². The zero-order valence-electron chi connectivity index (χ0n) is 9.40. The molecule has 10 heteroatoms. The number of hydrogen-bond donors (Lipinski definition) is 1. The van der Waals surface area contributed by atoms with Crippen molar-refractivity contribution < 1.29 is 27.6 Å². The van der Waals surface area contributed by atoms with Crippen LogP contribution in [-0.2, 0) is 4.74 Å². The SMILES string of the molecule is O=C(NCCOCC(F)(F)F)c1ccc([N+](=O)[O-])s1. The maximum Gasteiger partial charge on any atom is 0.411 e. The van der Waals surface area contributed by atoms with E-state index in [0.717, 1.165) is 0 Å². The summed E-state index contributed by atoms with van der Waals surface area (Å²) in [5.41, 5.74) is 0. The van der Waals surface area contributed by atoms with Crippen LogP contribution in [-0.4, -0.2) is 36.8 Å². The molecule has 0 aromatic carbocycles. The van der Waals surface area contributed by atoms with Gasteiger partial charge in [-0.2, -0.15) is 13.2 Å². The van der Waals surface area contributed by atoms with Crippen LogP contribution in [0.5, 0.6) is 0 Å². The van der Waals surface area contributed by atoms with Gasteiger partial charge in [-0.05, 0) is 6.07 Å². The third kappa shape index (κ3) is 5.66. The second-order valence-electron chi connectivity index (χ2n) is 3.32. The van der Waals surface area contributed by atoms with E-state index in [-0.39, 0.29) is 23.0 Å². The van der Waals surface area contributed by atoms with Crippen LogP contribution in [0.25, 0.3) is 0 Å². The maximum atomic E-state index is 11.7. The quantitative estimate of drug-likeness (QED) is 0.494. The molecule has 0 radical (unpaired) electrons. The van der Waals surface area contributed by atoms with Crippen LogP contribution in [0.15, 0.2) is 12.1 Å². The minimum absolute atomic E-state index is 0.111. The second-order valence-corrected chi connectivity index (χ2v) is 4.38. The van der Waals surface area contributed by atoms with Crippen molar-refractivity contribution in [1.82, 2.24) is 5.32 Å². The monoisotopic (exact) mass is 298 g/mol. The predicted molar refractivity (Wildman–Crippen MR) is 60.2 cm³/mol. The lowest BCUT2D eigenvalue weighted by atomic mass is 10.4. The molecule has 0 spiro atoms. The number of ether oxygens (including phenoxy) is 1. The molecule has 0 aliphatic rings. The standard InChI is InChI=1S/C9H9F3N2O4S/c10-9(11,12)5-18-4-3-13-8(15)6-1-2-7(19-6)14(16)17/h1-2H,3-5H2,(H,13,15). The average molecular weight is 298 g/mol. The molecule has 19 heavy (non-hydrogen) atoms. The molecule has 0 aliphatic carbocycles. The third-order valence-corrected chi connectivity index (χ3v) is 2.83. The van der Waals surface area contributed by atoms with Crippen molar-refractivity contribution in [3.05, 3.63) is 27.1 Å². The molecular formula is C9H9F3N2O4S. The van der Waals surface area contributed by atoms with Gasteiger partial charge in [-0.15, -0.1) is 0 Å². The minimum atomic E-state index is -4.40. The Bertz CT molecular complexity index is 461. The summed E-state index contributed by atoms with van der Waals surface area (Å²) in [7, 11) is 0. The van der Waals surface area contributed by atoms with E-state index in [1.54, 1.807) is 0 Å². The first-order chi connectivity index (χ1) is 8.79. The summed E-state index contributed by atoms with van der Waals surface area (Å²) >= 11 is 0.685. The minimum Gasteiger partial charge on any atom is -0.370 e. The van der Waals surface area contributed by atoms with Gasteiger partial charge in [-0.3, -0.25) is 14.9 Å². The number of halogens is 3. The fourth-order valence-electron chi connectivity index (χ4n) is 1.06. The van der Waals surface area contributed by atoms with E-state index in [9.17, 15) is 28.1 Å². The number of amides is 1. The highest BCUT2D eigenvalue weighted by Crippen LogP contribution is 2.23. The highest BCUT2D eigenvalue weighted by atomic mass is 32.1. The summed E-state index contributed by atoms with van der Waals surface area (Å²) in [5.74, 6) is -0.589. The molecule has 0 atom stereocenters. The summed E-state index contributed by atoms with van der Waals surface area (Å²) in [6.07, 6.45) is -4.40. The number of thiophene rings is 1. The van der Waals surface area contributed by atoms with E-state index >= 15 is 0 Å². The van der Waals surface area contributed by atoms with Crippen LogP contribution in [0.2, 0.25) is 0 Å². The molecule has 0 fully saturated rings. The maximum absolute atomic E-state index is 11.7. The zero-order chi connectivity index (χ0) is 14.5. The fourth-order valence-corrected chi connectivity index (χ4v) is 1.80. The Morgan fingerprint density at radius 3 is 2.68 bits per heavy atom. The van der Waals surface area contributed by atoms with Crippen molar-refractivity contribution in [2.45, 2.75) is 6.18 Å². The van der Waals surface area contributed by atoms with Crippen LogP contribution in [0.1, 0.15) is 9.67 Å². The van der Waals surface area contributed by atoms with E-state index in [1.807, 2.05) is 0 Å². The van der Waals surface area contributed by atoms with E-state index in [0.29, 0.717) is 11.3 Å². The predicted octanol–water partition coefficient (Wildman–Crippen LogP) is 1.97. The Hall–Kier alpha value is -1.68. The topological polar surface area (TPSA) is 81.5 Å². The van der Waals surface area contributed by atoms with Gasteiger partial charge in [0.25, 0.3) is 5.91 Å². The van der Waals surface area contributed by atoms with E-state index in [4.69, 9.17) is 0 Å². The van der Waals surface area contributed by atoms with Gasteiger partial charge in [0.05, 0.1) is 16.4 Å². The molecular weight excluding hydrogens is 289 g/mol. The van der Waals surface area contributed by atoms with Crippen molar-refractivity contribution in [2.24, 2.45) is 0 Å². The van der Waals surface area contributed by atoms with Gasteiger partial charge < -0.3 is 10.1 Å². The molecule has 1 N–H and O–H groups in total. The molecule has 106 valence electrons. The Morgan fingerprint density at radius 2 is 2.16 bits per heavy atom. The van der Waals surface area contributed by atoms with Gasteiger partial charge in [-0.1, -0.05) is 11.3 Å². The van der Waals surface area contributed by atoms with Crippen molar-refractivity contribution in [2.75, 3.05) is 19.8 Å². The molecule has 1 aromatic heterocycles. The number of nitro groups is 1. The lowest BCUT2D eigenvalue weighted by molar-refractivity contribution is -0.380. The summed E-state index contributed by atoms with van der Waals surface area (Å²) < 4.78 is 39.4. The summed E-state index contributed by atoms with van der Waals surface area (Å²) in [6, 6.07) is 2.45. The van der Waals surface area contributed by atoms with Gasteiger partial charge in [0.1, 0.15) is 6.61 Å². The zero-order valence-corrected chi connectivity index (χ0v) is 10.2. The molecule has 1 aromatic rings. The first-order valence-electron chi connectivity index (χ1n) is 4.96. The average Bonchev–Trinajstić information content (AvgIpc) is 2.76. The molecule has 6 nitrogen and oxygen atoms in total. The van der Waals surface area contributed by atoms with Gasteiger partial charge in [0.15, 0.2) is 0 Å². The van der Waals surface area contributed by atoms with Crippen molar-refractivity contribution >= 4 is 22.2 Å². The number of alkyl halides is 3. The molecule has 0 saturated heterocycles. The number of carbonyl (C=O) groups is 1. The highest BCUT2D eigenvalue weighted by Gasteiger charge is 2.27. The second kappa shape index (κ2) is 6.48. The van der Waals surface area contributed by atoms with Crippen LogP contribution in [0.4, 0.5) is 18.2 Å². The lowest BCUT2D eigenvalue weighted by Crippen LogP contribution is -2.28. The van der Waals surface area contributed by atoms with Crippen molar-refractivity contribution in [1.29, 1.82) is 0 Å². The number of nitrogens with one attached hydrogen (secondary N) is 1. The van der Waals surface area contributed by atoms with Crippen LogP contribution >= 0.6 is 11.3 Å². The number of rotatable bonds is 6. The Balaban J connectivity index is 2.29. The number of hydrogen-bond acceptors (Lipinski definition) is 5. The first kappa shape index (κ1) is 15.4. The largest absolute Gasteiger partial charge is 0.411 e. The van der Waals surface area contributed by atoms with Gasteiger partial charge >= 0.3 is 11.2 Å². The Kier molecular flexibility index (Phi) is 5.24. The van der Waals surface area contributed by atoms with Gasteiger partial charge in [-0.25, -0.2) is 0 Å². The molecule has 0 bridgehead atoms. The summed E-state index contributed by atoms with van der Waals surface area (Å²) in [6.45, 7) is -1.79. The Labute approximate surface area is 109 Å². The van der Waals surface area contributed by atoms with Crippen molar-refractivity contribution in [3.63, 3.8) is 0 Å². The number of carbonyl (C=O) groups excluding carboxylic acids is 1. The van der Waals surface area contributed by atoms with E-state index < -0.39 is 23.6 Å². The Morgan fingerprint density at radius 1 is 1.47 bits per heavy atom. The highest BCUT2D eigenvalue weighted by molar-refractivity contribution is 7.17. The van der Waals surface area contributed by atoms with E-state index in [1.165, 1.54) is 12.1 Å². The molecule has 1 rings (SSSR count). The molecule has 0 aliphatic heterocycles. The first-order valence-corrected chi connectivity index (χ1v) is 5.78. The molecule has 0 unspecified atom stereocenters. The molecule has 0 saturated carbocycles. The third-order valence-electron chi connectivity index (χ3n) is 1.79. The summed E-state index contributed by atoms with van der Waals surface area (Å²) in [5, 5.41) is 12.5. The van der Waals surface area contributed by atoms with E-state index in [2.05, 4.69) is 10.1 Å². The van der Waals surface area contributed by atoms with Gasteiger partial charge in [0, 0.05) is 12.6 Å². The van der Waals surface area contributed by atoms with Crippen LogP contribution in [0.3, 0.4) is 0 Å². The number of nitrogens with zero attached hydrogens (tertiary/aromatic N) is 1. The molecule has 1 heterocycles. The normalized spacial score (nSPS) is 11.3. The van der Waals surface area contributed by atoms with Crippen LogP contribution in [0, 0.1) is 10.1 Å². The summed E-state index contributed by atoms with van der Waals surface area (Å²) in [4.78, 5) is 21.3. The smallest absolute Gasteiger partial charge is 0.370 e. The molecule has 1 amide bonds. The lowest BCUT2D eigenvalue weighted by Gasteiger charge is -2.07. The van der Waals surface area contributed by atoms with Crippen molar-refractivity contribution in [3.8, 4) is 0 Å². The fraction of sp³-hybridized carbons (Fsp3) is 0.444.